The van der Waals surface area contributed by atoms with Crippen LogP contribution in [0.2, 0.25) is 0 Å². The number of piperidine rings is 1. The van der Waals surface area contributed by atoms with Gasteiger partial charge in [-0.2, -0.15) is 9.61 Å². The average Bonchev–Trinajstić information content (AvgIpc) is 3.27. The van der Waals surface area contributed by atoms with Gasteiger partial charge in [0.25, 0.3) is 0 Å². The normalized spacial score (nSPS) is 19.1. The largest absolute Gasteiger partial charge is 0.331 e. The molecular weight excluding hydrogens is 326 g/mol. The van der Waals surface area contributed by atoms with Crippen molar-refractivity contribution in [1.29, 1.82) is 0 Å². The van der Waals surface area contributed by atoms with Crippen LogP contribution in [0.3, 0.4) is 0 Å². The molecule has 0 atom stereocenters. The highest BCUT2D eigenvalue weighted by atomic mass is 15.4. The number of rotatable bonds is 3. The first-order valence-corrected chi connectivity index (χ1v) is 9.72. The van der Waals surface area contributed by atoms with Crippen molar-refractivity contribution in [1.82, 2.24) is 34.3 Å². The van der Waals surface area contributed by atoms with Crippen LogP contribution in [0.5, 0.6) is 0 Å². The van der Waals surface area contributed by atoms with Gasteiger partial charge in [0.1, 0.15) is 5.82 Å². The summed E-state index contributed by atoms with van der Waals surface area (Å²) in [7, 11) is 0. The van der Waals surface area contributed by atoms with E-state index >= 15 is 0 Å². The van der Waals surface area contributed by atoms with Gasteiger partial charge in [0.2, 0.25) is 0 Å². The SMILES string of the molecule is Cc1ccc2nnc(C3CCN(Cc4cnc5n4CCCC5)CC3)n2n1. The Kier molecular flexibility index (Phi) is 3.96. The molecule has 0 N–H and O–H groups in total. The molecule has 26 heavy (non-hydrogen) atoms. The minimum Gasteiger partial charge on any atom is -0.331 e. The Balaban J connectivity index is 1.27. The number of hydrogen-bond donors (Lipinski definition) is 0. The number of aryl methyl sites for hydroxylation is 2. The Bertz CT molecular complexity index is 917. The average molecular weight is 351 g/mol. The van der Waals surface area contributed by atoms with E-state index in [1.807, 2.05) is 23.6 Å². The fraction of sp³-hybridized carbons (Fsp3) is 0.579. The van der Waals surface area contributed by atoms with Crippen LogP contribution in [0.4, 0.5) is 0 Å². The minimum atomic E-state index is 0.440. The zero-order valence-corrected chi connectivity index (χ0v) is 15.3. The lowest BCUT2D eigenvalue weighted by molar-refractivity contribution is 0.196. The number of likely N-dealkylation sites (tertiary alicyclic amines) is 1. The van der Waals surface area contributed by atoms with Crippen molar-refractivity contribution in [3.05, 3.63) is 41.4 Å². The molecule has 5 rings (SSSR count). The molecule has 0 unspecified atom stereocenters. The van der Waals surface area contributed by atoms with Crippen LogP contribution in [0.15, 0.2) is 18.3 Å². The fourth-order valence-electron chi connectivity index (χ4n) is 4.34. The molecule has 0 radical (unpaired) electrons. The summed E-state index contributed by atoms with van der Waals surface area (Å²) in [5, 5.41) is 13.3. The molecule has 7 heteroatoms. The third-order valence-corrected chi connectivity index (χ3v) is 5.81. The van der Waals surface area contributed by atoms with E-state index in [4.69, 9.17) is 0 Å². The molecule has 2 aliphatic heterocycles. The van der Waals surface area contributed by atoms with Crippen LogP contribution in [-0.4, -0.2) is 47.4 Å². The van der Waals surface area contributed by atoms with E-state index in [1.165, 1.54) is 24.4 Å². The quantitative estimate of drug-likeness (QED) is 0.725. The van der Waals surface area contributed by atoms with Crippen LogP contribution in [0.1, 0.15) is 54.6 Å². The van der Waals surface area contributed by atoms with E-state index in [9.17, 15) is 0 Å². The third kappa shape index (κ3) is 2.80. The van der Waals surface area contributed by atoms with Crippen LogP contribution in [0.25, 0.3) is 5.65 Å². The topological polar surface area (TPSA) is 64.1 Å². The first kappa shape index (κ1) is 15.9. The molecule has 2 aliphatic rings. The van der Waals surface area contributed by atoms with Gasteiger partial charge < -0.3 is 4.57 Å². The second-order valence-electron chi connectivity index (χ2n) is 7.63. The van der Waals surface area contributed by atoms with Crippen LogP contribution < -0.4 is 0 Å². The van der Waals surface area contributed by atoms with Crippen LogP contribution >= 0.6 is 0 Å². The third-order valence-electron chi connectivity index (χ3n) is 5.81. The molecule has 1 fully saturated rings. The van der Waals surface area contributed by atoms with Gasteiger partial charge in [-0.1, -0.05) is 0 Å². The van der Waals surface area contributed by atoms with E-state index in [-0.39, 0.29) is 0 Å². The molecule has 0 amide bonds. The van der Waals surface area contributed by atoms with Crippen molar-refractivity contribution in [3.63, 3.8) is 0 Å². The Labute approximate surface area is 153 Å². The van der Waals surface area contributed by atoms with E-state index in [1.54, 1.807) is 0 Å². The molecule has 3 aromatic heterocycles. The highest BCUT2D eigenvalue weighted by molar-refractivity contribution is 5.36. The standard InChI is InChI=1S/C19H25N7/c1-14-5-6-18-21-22-19(26(18)23-14)15-7-10-24(11-8-15)13-16-12-20-17-4-2-3-9-25(16)17/h5-6,12,15H,2-4,7-11,13H2,1H3. The van der Waals surface area contributed by atoms with Crippen molar-refractivity contribution in [2.75, 3.05) is 13.1 Å². The number of hydrogen-bond acceptors (Lipinski definition) is 5. The smallest absolute Gasteiger partial charge is 0.177 e. The summed E-state index contributed by atoms with van der Waals surface area (Å²) in [4.78, 5) is 7.18. The van der Waals surface area contributed by atoms with E-state index in [2.05, 4.69) is 35.9 Å². The molecule has 1 saturated heterocycles. The number of nitrogens with zero attached hydrogens (tertiary/aromatic N) is 7. The summed E-state index contributed by atoms with van der Waals surface area (Å²) in [6.45, 7) is 6.34. The Morgan fingerprint density at radius 1 is 1.08 bits per heavy atom. The molecule has 5 heterocycles. The summed E-state index contributed by atoms with van der Waals surface area (Å²) < 4.78 is 4.37. The molecule has 0 bridgehead atoms. The van der Waals surface area contributed by atoms with E-state index < -0.39 is 0 Å². The minimum absolute atomic E-state index is 0.440. The van der Waals surface area contributed by atoms with Crippen molar-refractivity contribution >= 4 is 5.65 Å². The lowest BCUT2D eigenvalue weighted by atomic mass is 9.96. The van der Waals surface area contributed by atoms with Crippen molar-refractivity contribution in [2.24, 2.45) is 0 Å². The van der Waals surface area contributed by atoms with Gasteiger partial charge in [-0.15, -0.1) is 10.2 Å². The Hall–Kier alpha value is -2.28. The maximum atomic E-state index is 4.63. The van der Waals surface area contributed by atoms with Crippen LogP contribution in [0, 0.1) is 6.92 Å². The predicted octanol–water partition coefficient (Wildman–Crippen LogP) is 2.35. The summed E-state index contributed by atoms with van der Waals surface area (Å²) in [5.41, 5.74) is 3.23. The fourth-order valence-corrected chi connectivity index (χ4v) is 4.34. The zero-order chi connectivity index (χ0) is 17.5. The van der Waals surface area contributed by atoms with Gasteiger partial charge in [-0.3, -0.25) is 4.90 Å². The molecule has 3 aromatic rings. The monoisotopic (exact) mass is 351 g/mol. The highest BCUT2D eigenvalue weighted by Crippen LogP contribution is 2.28. The Morgan fingerprint density at radius 3 is 2.85 bits per heavy atom. The maximum Gasteiger partial charge on any atom is 0.177 e. The molecular formula is C19H25N7. The molecule has 136 valence electrons. The molecule has 0 aliphatic carbocycles. The van der Waals surface area contributed by atoms with Gasteiger partial charge in [0.15, 0.2) is 11.5 Å². The van der Waals surface area contributed by atoms with Gasteiger partial charge >= 0.3 is 0 Å². The van der Waals surface area contributed by atoms with Gasteiger partial charge in [-0.05, 0) is 57.8 Å². The highest BCUT2D eigenvalue weighted by Gasteiger charge is 2.26. The second kappa shape index (κ2) is 6.46. The zero-order valence-electron chi connectivity index (χ0n) is 15.3. The van der Waals surface area contributed by atoms with Gasteiger partial charge in [0.05, 0.1) is 11.4 Å². The van der Waals surface area contributed by atoms with Gasteiger partial charge in [0, 0.05) is 31.6 Å². The second-order valence-corrected chi connectivity index (χ2v) is 7.63. The summed E-state index contributed by atoms with van der Waals surface area (Å²) in [5.74, 6) is 2.73. The van der Waals surface area contributed by atoms with Crippen molar-refractivity contribution < 1.29 is 0 Å². The summed E-state index contributed by atoms with van der Waals surface area (Å²) in [6, 6.07) is 3.99. The predicted molar refractivity (Wildman–Crippen MR) is 97.9 cm³/mol. The lowest BCUT2D eigenvalue weighted by Crippen LogP contribution is -2.34. The first-order chi connectivity index (χ1) is 12.8. The number of imidazole rings is 1. The maximum absolute atomic E-state index is 4.63. The summed E-state index contributed by atoms with van der Waals surface area (Å²) >= 11 is 0. The van der Waals surface area contributed by atoms with Crippen molar-refractivity contribution in [2.45, 2.75) is 58.0 Å². The first-order valence-electron chi connectivity index (χ1n) is 9.72. The molecule has 0 saturated carbocycles. The van der Waals surface area contributed by atoms with E-state index in [0.29, 0.717) is 5.92 Å². The molecule has 0 aromatic carbocycles. The summed E-state index contributed by atoms with van der Waals surface area (Å²) in [6.07, 6.45) is 8.00. The van der Waals surface area contributed by atoms with Gasteiger partial charge in [-0.25, -0.2) is 4.98 Å². The molecule has 7 nitrogen and oxygen atoms in total. The lowest BCUT2D eigenvalue weighted by Gasteiger charge is -2.31. The van der Waals surface area contributed by atoms with Crippen molar-refractivity contribution in [3.8, 4) is 0 Å². The Morgan fingerprint density at radius 2 is 1.96 bits per heavy atom. The van der Waals surface area contributed by atoms with E-state index in [0.717, 1.165) is 62.6 Å². The molecule has 0 spiro atoms. The number of fused-ring (bicyclic) bond motifs is 2. The number of aromatic nitrogens is 6. The van der Waals surface area contributed by atoms with Crippen LogP contribution in [-0.2, 0) is 19.5 Å².